The molecule has 3 aromatic heterocycles. The van der Waals surface area contributed by atoms with Gasteiger partial charge in [-0.15, -0.1) is 0 Å². The number of aromatic nitrogens is 4. The zero-order valence-corrected chi connectivity index (χ0v) is 17.9. The molecule has 4 rings (SSSR count). The van der Waals surface area contributed by atoms with Crippen LogP contribution in [0.4, 0.5) is 10.6 Å². The minimum Gasteiger partial charge on any atom is -0.444 e. The summed E-state index contributed by atoms with van der Waals surface area (Å²) in [5, 5.41) is 3.49. The molecular formula is C22H28N6O2. The number of carbonyl (C=O) groups excluding carboxylic acids is 1. The second-order valence-corrected chi connectivity index (χ2v) is 8.67. The first-order chi connectivity index (χ1) is 14.3. The Balaban J connectivity index is 1.52. The number of amides is 1. The molecule has 8 nitrogen and oxygen atoms in total. The maximum atomic E-state index is 12.5. The van der Waals surface area contributed by atoms with Crippen LogP contribution in [0.5, 0.6) is 0 Å². The maximum Gasteiger partial charge on any atom is 0.410 e. The van der Waals surface area contributed by atoms with E-state index in [1.165, 1.54) is 0 Å². The Morgan fingerprint density at radius 3 is 2.87 bits per heavy atom. The summed E-state index contributed by atoms with van der Waals surface area (Å²) < 4.78 is 7.52. The van der Waals surface area contributed by atoms with E-state index in [0.29, 0.717) is 13.1 Å². The van der Waals surface area contributed by atoms with Crippen molar-refractivity contribution in [2.75, 3.05) is 18.4 Å². The first-order valence-electron chi connectivity index (χ1n) is 10.3. The van der Waals surface area contributed by atoms with Gasteiger partial charge in [-0.1, -0.05) is 6.07 Å². The minimum absolute atomic E-state index is 0.0942. The molecule has 0 aliphatic carbocycles. The van der Waals surface area contributed by atoms with Crippen molar-refractivity contribution in [2.24, 2.45) is 0 Å². The van der Waals surface area contributed by atoms with Crippen molar-refractivity contribution < 1.29 is 9.53 Å². The van der Waals surface area contributed by atoms with Crippen LogP contribution in [0, 0.1) is 6.92 Å². The van der Waals surface area contributed by atoms with Crippen molar-refractivity contribution in [3.63, 3.8) is 0 Å². The zero-order chi connectivity index (χ0) is 21.3. The molecule has 0 radical (unpaired) electrons. The van der Waals surface area contributed by atoms with Crippen LogP contribution in [-0.2, 0) is 4.74 Å². The first-order valence-corrected chi connectivity index (χ1v) is 10.3. The first kappa shape index (κ1) is 20.1. The number of hydrogen-bond donors (Lipinski definition) is 1. The van der Waals surface area contributed by atoms with Gasteiger partial charge in [-0.05, 0) is 52.7 Å². The molecule has 0 aromatic carbocycles. The van der Waals surface area contributed by atoms with E-state index in [1.807, 2.05) is 62.7 Å². The monoisotopic (exact) mass is 408 g/mol. The second kappa shape index (κ2) is 7.93. The van der Waals surface area contributed by atoms with Crippen LogP contribution in [0.2, 0.25) is 0 Å². The number of hydrogen-bond acceptors (Lipinski definition) is 6. The average Bonchev–Trinajstić information content (AvgIpc) is 3.13. The summed E-state index contributed by atoms with van der Waals surface area (Å²) in [7, 11) is 0. The third-order valence-corrected chi connectivity index (χ3v) is 5.05. The van der Waals surface area contributed by atoms with Gasteiger partial charge in [-0.3, -0.25) is 9.38 Å². The molecule has 8 heteroatoms. The van der Waals surface area contributed by atoms with E-state index in [4.69, 9.17) is 9.72 Å². The molecule has 3 aromatic rings. The Morgan fingerprint density at radius 2 is 2.07 bits per heavy atom. The molecule has 1 amide bonds. The van der Waals surface area contributed by atoms with Gasteiger partial charge in [-0.2, -0.15) is 0 Å². The minimum atomic E-state index is -0.498. The third-order valence-electron chi connectivity index (χ3n) is 5.05. The van der Waals surface area contributed by atoms with Gasteiger partial charge < -0.3 is 15.0 Å². The predicted octanol–water partition coefficient (Wildman–Crippen LogP) is 3.91. The fourth-order valence-corrected chi connectivity index (χ4v) is 3.61. The van der Waals surface area contributed by atoms with Crippen LogP contribution in [0.3, 0.4) is 0 Å². The van der Waals surface area contributed by atoms with E-state index in [-0.39, 0.29) is 12.1 Å². The lowest BCUT2D eigenvalue weighted by Gasteiger charge is -2.34. The lowest BCUT2D eigenvalue weighted by atomic mass is 10.1. The topological polar surface area (TPSA) is 84.7 Å². The molecule has 1 aliphatic rings. The standard InChI is InChI=1S/C22H28N6O2/c1-15-20(25-16-8-7-10-27(14-16)21(29)30-22(2,3)4)26-17(12-23-15)18-13-24-19-9-5-6-11-28(18)19/h5-6,9,11-13,16H,7-8,10,14H2,1-4H3,(H,25,26). The van der Waals surface area contributed by atoms with E-state index >= 15 is 0 Å². The number of nitrogens with one attached hydrogen (secondary N) is 1. The van der Waals surface area contributed by atoms with Crippen LogP contribution in [0.15, 0.2) is 36.8 Å². The molecule has 1 atom stereocenters. The van der Waals surface area contributed by atoms with Crippen molar-refractivity contribution in [3.8, 4) is 11.4 Å². The number of ether oxygens (including phenoxy) is 1. The summed E-state index contributed by atoms with van der Waals surface area (Å²) in [5.74, 6) is 0.731. The number of carbonyl (C=O) groups is 1. The van der Waals surface area contributed by atoms with Gasteiger partial charge in [0.15, 0.2) is 0 Å². The molecular weight excluding hydrogens is 380 g/mol. The molecule has 1 fully saturated rings. The SMILES string of the molecule is Cc1ncc(-c2cnc3ccccn23)nc1NC1CCCN(C(=O)OC(C)(C)C)C1. The molecule has 1 saturated heterocycles. The highest BCUT2D eigenvalue weighted by atomic mass is 16.6. The zero-order valence-electron chi connectivity index (χ0n) is 17.9. The number of anilines is 1. The highest BCUT2D eigenvalue weighted by molar-refractivity contribution is 5.68. The molecule has 4 heterocycles. The van der Waals surface area contributed by atoms with Gasteiger partial charge >= 0.3 is 6.09 Å². The number of imidazole rings is 1. The summed E-state index contributed by atoms with van der Waals surface area (Å²) in [6.45, 7) is 8.87. The second-order valence-electron chi connectivity index (χ2n) is 8.67. The maximum absolute atomic E-state index is 12.5. The van der Waals surface area contributed by atoms with Gasteiger partial charge in [0, 0.05) is 25.3 Å². The Hall–Kier alpha value is -3.16. The molecule has 158 valence electrons. The molecule has 1 N–H and O–H groups in total. The highest BCUT2D eigenvalue weighted by Gasteiger charge is 2.28. The number of nitrogens with zero attached hydrogens (tertiary/aromatic N) is 5. The average molecular weight is 409 g/mol. The molecule has 1 unspecified atom stereocenters. The molecule has 0 saturated carbocycles. The number of rotatable bonds is 3. The summed E-state index contributed by atoms with van der Waals surface area (Å²) in [5.41, 5.74) is 2.83. The molecule has 30 heavy (non-hydrogen) atoms. The largest absolute Gasteiger partial charge is 0.444 e. The van der Waals surface area contributed by atoms with Crippen molar-refractivity contribution >= 4 is 17.6 Å². The Labute approximate surface area is 176 Å². The number of pyridine rings is 1. The number of fused-ring (bicyclic) bond motifs is 1. The lowest BCUT2D eigenvalue weighted by molar-refractivity contribution is 0.0206. The number of likely N-dealkylation sites (tertiary alicyclic amines) is 1. The molecule has 1 aliphatic heterocycles. The summed E-state index contributed by atoms with van der Waals surface area (Å²) >= 11 is 0. The lowest BCUT2D eigenvalue weighted by Crippen LogP contribution is -2.47. The Morgan fingerprint density at radius 1 is 1.23 bits per heavy atom. The Kier molecular flexibility index (Phi) is 5.32. The number of piperidine rings is 1. The van der Waals surface area contributed by atoms with Gasteiger partial charge in [0.25, 0.3) is 0 Å². The molecule has 0 spiro atoms. The van der Waals surface area contributed by atoms with Crippen LogP contribution in [0.1, 0.15) is 39.3 Å². The fourth-order valence-electron chi connectivity index (χ4n) is 3.61. The van der Waals surface area contributed by atoms with Crippen molar-refractivity contribution in [2.45, 2.75) is 52.2 Å². The van der Waals surface area contributed by atoms with E-state index in [9.17, 15) is 4.79 Å². The van der Waals surface area contributed by atoms with Gasteiger partial charge in [-0.25, -0.2) is 14.8 Å². The van der Waals surface area contributed by atoms with Crippen LogP contribution in [-0.4, -0.2) is 55.1 Å². The fraction of sp³-hybridized carbons (Fsp3) is 0.455. The van der Waals surface area contributed by atoms with Gasteiger partial charge in [0.2, 0.25) is 0 Å². The van der Waals surface area contributed by atoms with E-state index in [2.05, 4.69) is 15.3 Å². The van der Waals surface area contributed by atoms with Gasteiger partial charge in [0.05, 0.1) is 23.8 Å². The van der Waals surface area contributed by atoms with Gasteiger partial charge in [0.1, 0.15) is 22.8 Å². The van der Waals surface area contributed by atoms with E-state index in [1.54, 1.807) is 11.1 Å². The van der Waals surface area contributed by atoms with Crippen molar-refractivity contribution in [1.82, 2.24) is 24.3 Å². The van der Waals surface area contributed by atoms with E-state index < -0.39 is 5.60 Å². The van der Waals surface area contributed by atoms with Crippen LogP contribution < -0.4 is 5.32 Å². The predicted molar refractivity (Wildman–Crippen MR) is 115 cm³/mol. The third kappa shape index (κ3) is 4.37. The summed E-state index contributed by atoms with van der Waals surface area (Å²) in [6.07, 6.45) is 7.15. The van der Waals surface area contributed by atoms with Crippen LogP contribution >= 0.6 is 0 Å². The van der Waals surface area contributed by atoms with Crippen LogP contribution in [0.25, 0.3) is 17.0 Å². The molecule has 0 bridgehead atoms. The normalized spacial score (nSPS) is 17.2. The smallest absolute Gasteiger partial charge is 0.410 e. The quantitative estimate of drug-likeness (QED) is 0.707. The Bertz CT molecular complexity index is 1060. The summed E-state index contributed by atoms with van der Waals surface area (Å²) in [4.78, 5) is 28.0. The van der Waals surface area contributed by atoms with Crippen molar-refractivity contribution in [1.29, 1.82) is 0 Å². The van der Waals surface area contributed by atoms with Crippen molar-refractivity contribution in [3.05, 3.63) is 42.5 Å². The van der Waals surface area contributed by atoms with E-state index in [0.717, 1.165) is 41.4 Å². The highest BCUT2D eigenvalue weighted by Crippen LogP contribution is 2.23. The summed E-state index contributed by atoms with van der Waals surface area (Å²) in [6, 6.07) is 5.97. The number of aryl methyl sites for hydroxylation is 1.